The predicted octanol–water partition coefficient (Wildman–Crippen LogP) is 3.12. The third kappa shape index (κ3) is 5.22. The molecule has 3 rings (SSSR count). The first kappa shape index (κ1) is 20.1. The second-order valence-electron chi connectivity index (χ2n) is 6.90. The van der Waals surface area contributed by atoms with Crippen LogP contribution in [0.15, 0.2) is 66.4 Å². The van der Waals surface area contributed by atoms with E-state index >= 15 is 0 Å². The van der Waals surface area contributed by atoms with Gasteiger partial charge in [-0.15, -0.1) is 0 Å². The monoisotopic (exact) mass is 393 g/mol. The number of carbonyl (C=O) groups excluding carboxylic acids is 3. The number of hydrogen-bond acceptors (Lipinski definition) is 5. The van der Waals surface area contributed by atoms with Gasteiger partial charge in [0.15, 0.2) is 6.61 Å². The number of rotatable bonds is 6. The van der Waals surface area contributed by atoms with Crippen molar-refractivity contribution in [2.75, 3.05) is 16.9 Å². The summed E-state index contributed by atoms with van der Waals surface area (Å²) < 4.78 is 5.08. The lowest BCUT2D eigenvalue weighted by molar-refractivity contribution is -0.143. The van der Waals surface area contributed by atoms with Crippen LogP contribution >= 0.6 is 0 Å². The molecule has 2 amide bonds. The van der Waals surface area contributed by atoms with Crippen LogP contribution in [0.5, 0.6) is 0 Å². The van der Waals surface area contributed by atoms with E-state index < -0.39 is 18.5 Å². The van der Waals surface area contributed by atoms with Gasteiger partial charge in [0.05, 0.1) is 5.69 Å². The number of carbonyl (C=O) groups is 3. The average Bonchev–Trinajstić information content (AvgIpc) is 2.73. The standard InChI is InChI=1S/C22H23N3O4/c1-15(2)16-8-10-17(11-9-16)23-20(26)14-29-22(28)19-12-13-21(27)25(24-19)18-6-4-3-5-7-18/h3-12,15,24H,13-14H2,1-2H3,(H,23,26). The number of esters is 1. The van der Waals surface area contributed by atoms with Crippen LogP contribution in [0.1, 0.15) is 31.7 Å². The molecule has 2 N–H and O–H groups in total. The molecule has 7 nitrogen and oxygen atoms in total. The van der Waals surface area contributed by atoms with E-state index in [2.05, 4.69) is 24.6 Å². The maximum Gasteiger partial charge on any atom is 0.356 e. The number of hydrazine groups is 1. The smallest absolute Gasteiger partial charge is 0.356 e. The molecule has 150 valence electrons. The van der Waals surface area contributed by atoms with E-state index in [1.807, 2.05) is 30.3 Å². The molecule has 0 aliphatic carbocycles. The van der Waals surface area contributed by atoms with Gasteiger partial charge >= 0.3 is 5.97 Å². The Morgan fingerprint density at radius 3 is 2.45 bits per heavy atom. The van der Waals surface area contributed by atoms with Crippen molar-refractivity contribution in [3.05, 3.63) is 71.9 Å². The lowest BCUT2D eigenvalue weighted by Crippen LogP contribution is -2.47. The normalized spacial score (nSPS) is 13.6. The third-order valence-corrected chi connectivity index (χ3v) is 4.39. The number of amides is 2. The summed E-state index contributed by atoms with van der Waals surface area (Å²) in [6, 6.07) is 16.4. The van der Waals surface area contributed by atoms with E-state index in [0.29, 0.717) is 17.3 Å². The predicted molar refractivity (Wildman–Crippen MR) is 110 cm³/mol. The molecule has 0 saturated heterocycles. The fourth-order valence-electron chi connectivity index (χ4n) is 2.78. The molecule has 2 aromatic rings. The number of nitrogens with zero attached hydrogens (tertiary/aromatic N) is 1. The molecule has 0 spiro atoms. The quantitative estimate of drug-likeness (QED) is 0.737. The van der Waals surface area contributed by atoms with Gasteiger partial charge in [0.2, 0.25) is 5.91 Å². The van der Waals surface area contributed by atoms with Crippen molar-refractivity contribution < 1.29 is 19.1 Å². The molecule has 1 aliphatic rings. The van der Waals surface area contributed by atoms with Crippen LogP contribution in [0, 0.1) is 0 Å². The van der Waals surface area contributed by atoms with Crippen molar-refractivity contribution in [3.8, 4) is 0 Å². The molecule has 2 aromatic carbocycles. The van der Waals surface area contributed by atoms with Crippen LogP contribution < -0.4 is 15.8 Å². The van der Waals surface area contributed by atoms with E-state index in [1.54, 1.807) is 24.3 Å². The van der Waals surface area contributed by atoms with Gasteiger partial charge in [-0.05, 0) is 41.8 Å². The molecular weight excluding hydrogens is 370 g/mol. The molecule has 0 radical (unpaired) electrons. The van der Waals surface area contributed by atoms with Gasteiger partial charge in [-0.3, -0.25) is 15.0 Å². The van der Waals surface area contributed by atoms with Crippen molar-refractivity contribution in [2.45, 2.75) is 26.2 Å². The zero-order valence-electron chi connectivity index (χ0n) is 16.3. The van der Waals surface area contributed by atoms with Crippen LogP contribution in [-0.4, -0.2) is 24.4 Å². The second-order valence-corrected chi connectivity index (χ2v) is 6.90. The van der Waals surface area contributed by atoms with Gasteiger partial charge in [0.25, 0.3) is 5.91 Å². The Morgan fingerprint density at radius 1 is 1.10 bits per heavy atom. The summed E-state index contributed by atoms with van der Waals surface area (Å²) in [5.41, 5.74) is 5.27. The van der Waals surface area contributed by atoms with Crippen LogP contribution in [-0.2, 0) is 19.1 Å². The maximum atomic E-state index is 12.3. The van der Waals surface area contributed by atoms with Gasteiger partial charge < -0.3 is 10.1 Å². The van der Waals surface area contributed by atoms with Crippen LogP contribution in [0.2, 0.25) is 0 Å². The number of benzene rings is 2. The highest BCUT2D eigenvalue weighted by molar-refractivity contribution is 6.00. The Kier molecular flexibility index (Phi) is 6.29. The van der Waals surface area contributed by atoms with Crippen LogP contribution in [0.3, 0.4) is 0 Å². The van der Waals surface area contributed by atoms with E-state index in [9.17, 15) is 14.4 Å². The molecule has 29 heavy (non-hydrogen) atoms. The highest BCUT2D eigenvalue weighted by Crippen LogP contribution is 2.18. The maximum absolute atomic E-state index is 12.3. The molecule has 0 unspecified atom stereocenters. The summed E-state index contributed by atoms with van der Waals surface area (Å²) in [5.74, 6) is -0.943. The first-order valence-corrected chi connectivity index (χ1v) is 9.36. The number of anilines is 2. The molecule has 0 aromatic heterocycles. The summed E-state index contributed by atoms with van der Waals surface area (Å²) in [6.07, 6.45) is 1.51. The first-order valence-electron chi connectivity index (χ1n) is 9.36. The molecule has 0 bridgehead atoms. The molecule has 0 saturated carbocycles. The molecule has 0 atom stereocenters. The minimum Gasteiger partial charge on any atom is -0.451 e. The number of ether oxygens (including phenoxy) is 1. The van der Waals surface area contributed by atoms with Crippen LogP contribution in [0.4, 0.5) is 11.4 Å². The summed E-state index contributed by atoms with van der Waals surface area (Å²) >= 11 is 0. The number of nitrogens with one attached hydrogen (secondary N) is 2. The van der Waals surface area contributed by atoms with Crippen molar-refractivity contribution in [2.24, 2.45) is 0 Å². The summed E-state index contributed by atoms with van der Waals surface area (Å²) in [6.45, 7) is 3.75. The van der Waals surface area contributed by atoms with Gasteiger partial charge in [-0.2, -0.15) is 0 Å². The van der Waals surface area contributed by atoms with Gasteiger partial charge in [0.1, 0.15) is 5.70 Å². The minimum atomic E-state index is -0.705. The van der Waals surface area contributed by atoms with E-state index in [4.69, 9.17) is 4.74 Å². The zero-order valence-corrected chi connectivity index (χ0v) is 16.3. The highest BCUT2D eigenvalue weighted by atomic mass is 16.5. The summed E-state index contributed by atoms with van der Waals surface area (Å²) in [7, 11) is 0. The van der Waals surface area contributed by atoms with Gasteiger partial charge in [-0.25, -0.2) is 9.80 Å². The molecule has 1 aliphatic heterocycles. The fourth-order valence-corrected chi connectivity index (χ4v) is 2.78. The largest absolute Gasteiger partial charge is 0.451 e. The summed E-state index contributed by atoms with van der Waals surface area (Å²) in [4.78, 5) is 36.5. The van der Waals surface area contributed by atoms with Crippen molar-refractivity contribution in [1.29, 1.82) is 0 Å². The van der Waals surface area contributed by atoms with E-state index in [-0.39, 0.29) is 18.0 Å². The van der Waals surface area contributed by atoms with Crippen molar-refractivity contribution >= 4 is 29.2 Å². The number of para-hydroxylation sites is 1. The number of hydrogen-bond donors (Lipinski definition) is 2. The Morgan fingerprint density at radius 2 is 1.79 bits per heavy atom. The fraction of sp³-hybridized carbons (Fsp3) is 0.227. The average molecular weight is 393 g/mol. The van der Waals surface area contributed by atoms with E-state index in [0.717, 1.165) is 0 Å². The molecular formula is C22H23N3O4. The Labute approximate surface area is 169 Å². The van der Waals surface area contributed by atoms with Crippen molar-refractivity contribution in [1.82, 2.24) is 5.43 Å². The van der Waals surface area contributed by atoms with Gasteiger partial charge in [0, 0.05) is 12.1 Å². The third-order valence-electron chi connectivity index (χ3n) is 4.39. The van der Waals surface area contributed by atoms with E-state index in [1.165, 1.54) is 16.6 Å². The van der Waals surface area contributed by atoms with Crippen LogP contribution in [0.25, 0.3) is 0 Å². The lowest BCUT2D eigenvalue weighted by atomic mass is 10.0. The first-order chi connectivity index (χ1) is 13.9. The van der Waals surface area contributed by atoms with Crippen molar-refractivity contribution in [3.63, 3.8) is 0 Å². The zero-order chi connectivity index (χ0) is 20.8. The highest BCUT2D eigenvalue weighted by Gasteiger charge is 2.25. The Balaban J connectivity index is 1.53. The molecule has 7 heteroatoms. The SMILES string of the molecule is CC(C)c1ccc(NC(=O)COC(=O)C2=CCC(=O)N(c3ccccc3)N2)cc1. The summed E-state index contributed by atoms with van der Waals surface area (Å²) in [5, 5.41) is 3.97. The molecule has 1 heterocycles. The van der Waals surface area contributed by atoms with Gasteiger partial charge in [-0.1, -0.05) is 44.2 Å². The molecule has 0 fully saturated rings. The Bertz CT molecular complexity index is 921. The lowest BCUT2D eigenvalue weighted by Gasteiger charge is -2.28. The second kappa shape index (κ2) is 9.05. The minimum absolute atomic E-state index is 0.0563. The topological polar surface area (TPSA) is 87.7 Å². The Hall–Kier alpha value is -3.61.